The van der Waals surface area contributed by atoms with Gasteiger partial charge in [0.15, 0.2) is 0 Å². The summed E-state index contributed by atoms with van der Waals surface area (Å²) < 4.78 is 5.80. The van der Waals surface area contributed by atoms with Crippen LogP contribution in [-0.2, 0) is 4.74 Å². The van der Waals surface area contributed by atoms with Crippen LogP contribution in [-0.4, -0.2) is 23.4 Å². The Balaban J connectivity index is 2.00. The van der Waals surface area contributed by atoms with Gasteiger partial charge in [0.2, 0.25) is 0 Å². The molecule has 0 bridgehead atoms. The predicted octanol–water partition coefficient (Wildman–Crippen LogP) is 3.77. The molecule has 0 aromatic rings. The Morgan fingerprint density at radius 3 is 2.44 bits per heavy atom. The van der Waals surface area contributed by atoms with E-state index < -0.39 is 5.60 Å². The second-order valence-corrected chi connectivity index (χ2v) is 6.95. The molecule has 1 aliphatic heterocycles. The first kappa shape index (κ1) is 14.3. The Morgan fingerprint density at radius 1 is 1.17 bits per heavy atom. The summed E-state index contributed by atoms with van der Waals surface area (Å²) in [7, 11) is 0. The van der Waals surface area contributed by atoms with E-state index in [4.69, 9.17) is 4.74 Å². The van der Waals surface area contributed by atoms with E-state index in [1.807, 2.05) is 0 Å². The molecule has 4 atom stereocenters. The number of aliphatic hydroxyl groups is 1. The van der Waals surface area contributed by atoms with Gasteiger partial charge in [0.05, 0.1) is 11.7 Å². The Hall–Kier alpha value is -0.0800. The van der Waals surface area contributed by atoms with Crippen LogP contribution < -0.4 is 0 Å². The second kappa shape index (κ2) is 5.92. The lowest BCUT2D eigenvalue weighted by Gasteiger charge is -2.46. The van der Waals surface area contributed by atoms with E-state index >= 15 is 0 Å². The summed E-state index contributed by atoms with van der Waals surface area (Å²) in [6, 6.07) is 0. The van der Waals surface area contributed by atoms with Crippen LogP contribution in [0.5, 0.6) is 0 Å². The van der Waals surface area contributed by atoms with E-state index in [0.717, 1.165) is 44.1 Å². The van der Waals surface area contributed by atoms with Crippen LogP contribution >= 0.6 is 0 Å². The van der Waals surface area contributed by atoms with Crippen LogP contribution in [0.2, 0.25) is 0 Å². The van der Waals surface area contributed by atoms with Crippen molar-refractivity contribution in [2.75, 3.05) is 6.61 Å². The third-order valence-electron chi connectivity index (χ3n) is 5.02. The Kier molecular flexibility index (Phi) is 4.71. The lowest BCUT2D eigenvalue weighted by atomic mass is 9.66. The predicted molar refractivity (Wildman–Crippen MR) is 74.5 cm³/mol. The summed E-state index contributed by atoms with van der Waals surface area (Å²) in [6.45, 7) is 7.63. The van der Waals surface area contributed by atoms with Crippen molar-refractivity contribution < 1.29 is 9.84 Å². The molecule has 106 valence electrons. The minimum atomic E-state index is -0.443. The van der Waals surface area contributed by atoms with Crippen LogP contribution in [0.3, 0.4) is 0 Å². The van der Waals surface area contributed by atoms with Crippen molar-refractivity contribution in [3.8, 4) is 0 Å². The van der Waals surface area contributed by atoms with Crippen LogP contribution in [0.1, 0.15) is 65.7 Å². The molecule has 2 heteroatoms. The normalized spacial score (nSPS) is 46.0. The van der Waals surface area contributed by atoms with Crippen molar-refractivity contribution in [3.05, 3.63) is 0 Å². The molecule has 1 saturated carbocycles. The highest BCUT2D eigenvalue weighted by Crippen LogP contribution is 2.44. The molecule has 18 heavy (non-hydrogen) atoms. The van der Waals surface area contributed by atoms with Gasteiger partial charge in [-0.2, -0.15) is 0 Å². The van der Waals surface area contributed by atoms with E-state index in [9.17, 15) is 5.11 Å². The summed E-state index contributed by atoms with van der Waals surface area (Å²) in [5.41, 5.74) is -0.443. The maximum Gasteiger partial charge on any atom is 0.0722 e. The first-order valence-electron chi connectivity index (χ1n) is 7.87. The molecule has 2 aliphatic rings. The molecule has 1 N–H and O–H groups in total. The van der Waals surface area contributed by atoms with Gasteiger partial charge in [-0.1, -0.05) is 27.2 Å². The van der Waals surface area contributed by atoms with Crippen molar-refractivity contribution in [2.45, 2.75) is 77.4 Å². The lowest BCUT2D eigenvalue weighted by molar-refractivity contribution is -0.145. The largest absolute Gasteiger partial charge is 0.389 e. The fraction of sp³-hybridized carbons (Fsp3) is 1.00. The number of hydrogen-bond donors (Lipinski definition) is 1. The second-order valence-electron chi connectivity index (χ2n) is 6.95. The van der Waals surface area contributed by atoms with Crippen molar-refractivity contribution in [1.82, 2.24) is 0 Å². The molecule has 1 aliphatic carbocycles. The van der Waals surface area contributed by atoms with Crippen molar-refractivity contribution >= 4 is 0 Å². The maximum atomic E-state index is 11.0. The number of ether oxygens (including phenoxy) is 1. The standard InChI is InChI=1S/C16H30O2/c1-4-5-15-11-16(17,6-7-18-15)14-9-12(2)8-13(3)10-14/h12-15,17H,4-11H2,1-3H3. The molecule has 1 heterocycles. The molecule has 2 nitrogen and oxygen atoms in total. The molecule has 0 radical (unpaired) electrons. The highest BCUT2D eigenvalue weighted by atomic mass is 16.5. The Labute approximate surface area is 112 Å². The zero-order chi connectivity index (χ0) is 13.2. The molecule has 4 unspecified atom stereocenters. The third-order valence-corrected chi connectivity index (χ3v) is 5.02. The monoisotopic (exact) mass is 254 g/mol. The molecule has 0 spiro atoms. The summed E-state index contributed by atoms with van der Waals surface area (Å²) in [4.78, 5) is 0. The van der Waals surface area contributed by atoms with Crippen molar-refractivity contribution in [2.24, 2.45) is 17.8 Å². The summed E-state index contributed by atoms with van der Waals surface area (Å²) >= 11 is 0. The van der Waals surface area contributed by atoms with Crippen LogP contribution in [0.4, 0.5) is 0 Å². The summed E-state index contributed by atoms with van der Waals surface area (Å²) in [6.07, 6.45) is 8.00. The fourth-order valence-corrected chi connectivity index (χ4v) is 4.22. The molecular weight excluding hydrogens is 224 g/mol. The van der Waals surface area contributed by atoms with E-state index in [-0.39, 0.29) is 0 Å². The first-order chi connectivity index (χ1) is 8.53. The van der Waals surface area contributed by atoms with E-state index in [1.54, 1.807) is 0 Å². The van der Waals surface area contributed by atoms with Gasteiger partial charge in [0.1, 0.15) is 0 Å². The zero-order valence-corrected chi connectivity index (χ0v) is 12.3. The summed E-state index contributed by atoms with van der Waals surface area (Å²) in [5.74, 6) is 2.05. The number of rotatable bonds is 3. The SMILES string of the molecule is CCCC1CC(O)(C2CC(C)CC(C)C2)CCO1. The average molecular weight is 254 g/mol. The van der Waals surface area contributed by atoms with Gasteiger partial charge in [-0.25, -0.2) is 0 Å². The quantitative estimate of drug-likeness (QED) is 0.830. The van der Waals surface area contributed by atoms with Gasteiger partial charge in [0.25, 0.3) is 0 Å². The van der Waals surface area contributed by atoms with Crippen LogP contribution in [0.15, 0.2) is 0 Å². The van der Waals surface area contributed by atoms with Gasteiger partial charge in [-0.05, 0) is 49.9 Å². The highest BCUT2D eigenvalue weighted by Gasteiger charge is 2.43. The van der Waals surface area contributed by atoms with Gasteiger partial charge in [0, 0.05) is 13.0 Å². The fourth-order valence-electron chi connectivity index (χ4n) is 4.22. The first-order valence-corrected chi connectivity index (χ1v) is 7.87. The molecule has 2 fully saturated rings. The Morgan fingerprint density at radius 2 is 1.83 bits per heavy atom. The summed E-state index contributed by atoms with van der Waals surface area (Å²) in [5, 5.41) is 11.0. The van der Waals surface area contributed by atoms with E-state index in [1.165, 1.54) is 19.3 Å². The lowest BCUT2D eigenvalue weighted by Crippen LogP contribution is -2.48. The molecule has 0 amide bonds. The van der Waals surface area contributed by atoms with Crippen LogP contribution in [0, 0.1) is 17.8 Å². The van der Waals surface area contributed by atoms with Gasteiger partial charge >= 0.3 is 0 Å². The van der Waals surface area contributed by atoms with E-state index in [2.05, 4.69) is 20.8 Å². The van der Waals surface area contributed by atoms with Crippen molar-refractivity contribution in [1.29, 1.82) is 0 Å². The molecule has 1 saturated heterocycles. The zero-order valence-electron chi connectivity index (χ0n) is 12.3. The van der Waals surface area contributed by atoms with Gasteiger partial charge < -0.3 is 9.84 Å². The van der Waals surface area contributed by atoms with E-state index in [0.29, 0.717) is 12.0 Å². The Bertz CT molecular complexity index is 254. The highest BCUT2D eigenvalue weighted by molar-refractivity contribution is 4.94. The minimum absolute atomic E-state index is 0.293. The maximum absolute atomic E-state index is 11.0. The smallest absolute Gasteiger partial charge is 0.0722 e. The van der Waals surface area contributed by atoms with Crippen LogP contribution in [0.25, 0.3) is 0 Å². The molecular formula is C16H30O2. The molecule has 2 rings (SSSR count). The van der Waals surface area contributed by atoms with Gasteiger partial charge in [-0.15, -0.1) is 0 Å². The molecule has 0 aromatic carbocycles. The third kappa shape index (κ3) is 3.27. The van der Waals surface area contributed by atoms with Gasteiger partial charge in [-0.3, -0.25) is 0 Å². The minimum Gasteiger partial charge on any atom is -0.389 e. The number of hydrogen-bond acceptors (Lipinski definition) is 2. The molecule has 0 aromatic heterocycles. The van der Waals surface area contributed by atoms with Crippen molar-refractivity contribution in [3.63, 3.8) is 0 Å². The average Bonchev–Trinajstić information content (AvgIpc) is 2.28. The topological polar surface area (TPSA) is 29.5 Å².